The fourth-order valence-corrected chi connectivity index (χ4v) is 3.80. The zero-order chi connectivity index (χ0) is 22.0. The number of amides is 1. The lowest BCUT2D eigenvalue weighted by Crippen LogP contribution is -2.29. The largest absolute Gasteiger partial charge is 0.507 e. The molecule has 1 saturated heterocycles. The summed E-state index contributed by atoms with van der Waals surface area (Å²) in [6, 6.07) is 15.5. The molecule has 6 heteroatoms. The fraction of sp³-hybridized carbons (Fsp3) is 0.160. The van der Waals surface area contributed by atoms with Gasteiger partial charge in [-0.2, -0.15) is 0 Å². The molecule has 5 nitrogen and oxygen atoms in total. The monoisotopic (exact) mass is 416 g/mol. The van der Waals surface area contributed by atoms with Crippen LogP contribution in [0.2, 0.25) is 0 Å². The molecule has 0 bridgehead atoms. The van der Waals surface area contributed by atoms with Gasteiger partial charge in [0.25, 0.3) is 11.7 Å². The molecule has 156 valence electrons. The maximum Gasteiger partial charge on any atom is 0.295 e. The van der Waals surface area contributed by atoms with Crippen LogP contribution in [0.1, 0.15) is 35.2 Å². The second-order valence-corrected chi connectivity index (χ2v) is 7.35. The van der Waals surface area contributed by atoms with E-state index in [0.717, 1.165) is 17.5 Å². The molecular formula is C25H21FN2O3. The molecule has 1 N–H and O–H groups in total. The van der Waals surface area contributed by atoms with Crippen molar-refractivity contribution in [3.05, 3.63) is 107 Å². The van der Waals surface area contributed by atoms with Gasteiger partial charge in [-0.15, -0.1) is 0 Å². The zero-order valence-electron chi connectivity index (χ0n) is 17.0. The van der Waals surface area contributed by atoms with Gasteiger partial charge >= 0.3 is 0 Å². The molecule has 0 saturated carbocycles. The van der Waals surface area contributed by atoms with Gasteiger partial charge in [0.15, 0.2) is 0 Å². The quantitative estimate of drug-likeness (QED) is 0.380. The van der Waals surface area contributed by atoms with Gasteiger partial charge in [-0.3, -0.25) is 14.6 Å². The summed E-state index contributed by atoms with van der Waals surface area (Å²) in [6.45, 7) is 2.09. The Morgan fingerprint density at radius 1 is 1.00 bits per heavy atom. The number of carbonyl (C=O) groups is 2. The molecule has 31 heavy (non-hydrogen) atoms. The van der Waals surface area contributed by atoms with E-state index in [-0.39, 0.29) is 23.4 Å². The van der Waals surface area contributed by atoms with E-state index in [1.54, 1.807) is 42.7 Å². The van der Waals surface area contributed by atoms with E-state index >= 15 is 0 Å². The predicted octanol–water partition coefficient (Wildman–Crippen LogP) is 4.41. The average molecular weight is 416 g/mol. The van der Waals surface area contributed by atoms with Gasteiger partial charge in [-0.05, 0) is 35.7 Å². The summed E-state index contributed by atoms with van der Waals surface area (Å²) in [7, 11) is 0. The van der Waals surface area contributed by atoms with Crippen molar-refractivity contribution in [3.63, 3.8) is 0 Å². The number of hydrogen-bond donors (Lipinski definition) is 1. The zero-order valence-corrected chi connectivity index (χ0v) is 17.0. The topological polar surface area (TPSA) is 70.5 Å². The lowest BCUT2D eigenvalue weighted by Gasteiger charge is -2.25. The van der Waals surface area contributed by atoms with Gasteiger partial charge in [0.2, 0.25) is 0 Å². The highest BCUT2D eigenvalue weighted by Crippen LogP contribution is 2.41. The number of halogens is 1. The smallest absolute Gasteiger partial charge is 0.295 e. The first-order valence-electron chi connectivity index (χ1n) is 10.0. The van der Waals surface area contributed by atoms with E-state index in [9.17, 15) is 19.1 Å². The van der Waals surface area contributed by atoms with Gasteiger partial charge < -0.3 is 10.0 Å². The predicted molar refractivity (Wildman–Crippen MR) is 114 cm³/mol. The summed E-state index contributed by atoms with van der Waals surface area (Å²) in [4.78, 5) is 31.2. The molecule has 1 aromatic heterocycles. The van der Waals surface area contributed by atoms with E-state index in [1.165, 1.54) is 23.1 Å². The molecule has 1 aliphatic heterocycles. The van der Waals surface area contributed by atoms with Crippen molar-refractivity contribution in [3.8, 4) is 0 Å². The molecular weight excluding hydrogens is 395 g/mol. The Bertz CT molecular complexity index is 1160. The highest BCUT2D eigenvalue weighted by molar-refractivity contribution is 6.46. The standard InChI is InChI=1S/C25H21FN2O3/c1-2-16-7-9-18(10-8-16)23(29)21-22(19-5-3-4-6-20(19)26)28(25(31)24(21)30)15-17-11-13-27-14-12-17/h3-14,22,29H,2,15H2,1H3/b23-21-. The van der Waals surface area contributed by atoms with Crippen molar-refractivity contribution in [2.45, 2.75) is 25.9 Å². The van der Waals surface area contributed by atoms with Crippen molar-refractivity contribution in [1.29, 1.82) is 0 Å². The number of aliphatic hydroxyl groups is 1. The van der Waals surface area contributed by atoms with Crippen LogP contribution in [-0.2, 0) is 22.6 Å². The minimum absolute atomic E-state index is 0.0810. The molecule has 1 amide bonds. The van der Waals surface area contributed by atoms with Crippen molar-refractivity contribution in [2.24, 2.45) is 0 Å². The fourth-order valence-electron chi connectivity index (χ4n) is 3.80. The number of likely N-dealkylation sites (tertiary alicyclic amines) is 1. The highest BCUT2D eigenvalue weighted by atomic mass is 19.1. The van der Waals surface area contributed by atoms with Gasteiger partial charge in [-0.25, -0.2) is 4.39 Å². The second kappa shape index (κ2) is 8.52. The first kappa shape index (κ1) is 20.5. The van der Waals surface area contributed by atoms with Crippen LogP contribution in [0.25, 0.3) is 5.76 Å². The van der Waals surface area contributed by atoms with Gasteiger partial charge in [0.05, 0.1) is 11.6 Å². The maximum absolute atomic E-state index is 14.8. The third-order valence-electron chi connectivity index (χ3n) is 5.48. The van der Waals surface area contributed by atoms with Crippen LogP contribution in [0.4, 0.5) is 4.39 Å². The SMILES string of the molecule is CCc1ccc(/C(O)=C2/C(=O)C(=O)N(Cc3ccncc3)C2c2ccccc2F)cc1. The van der Waals surface area contributed by atoms with Gasteiger partial charge in [0.1, 0.15) is 11.6 Å². The number of nitrogens with zero attached hydrogens (tertiary/aromatic N) is 2. The molecule has 0 radical (unpaired) electrons. The normalized spacial score (nSPS) is 17.9. The van der Waals surface area contributed by atoms with Crippen LogP contribution in [-0.4, -0.2) is 26.7 Å². The number of aromatic nitrogens is 1. The third kappa shape index (κ3) is 3.84. The van der Waals surface area contributed by atoms with Crippen molar-refractivity contribution in [2.75, 3.05) is 0 Å². The highest BCUT2D eigenvalue weighted by Gasteiger charge is 2.46. The maximum atomic E-state index is 14.8. The summed E-state index contributed by atoms with van der Waals surface area (Å²) >= 11 is 0. The molecule has 0 aliphatic carbocycles. The van der Waals surface area contributed by atoms with Crippen molar-refractivity contribution < 1.29 is 19.1 Å². The molecule has 1 aliphatic rings. The van der Waals surface area contributed by atoms with Crippen LogP contribution in [0.5, 0.6) is 0 Å². The molecule has 4 rings (SSSR count). The lowest BCUT2D eigenvalue weighted by molar-refractivity contribution is -0.140. The molecule has 0 spiro atoms. The number of benzene rings is 2. The lowest BCUT2D eigenvalue weighted by atomic mass is 9.94. The van der Waals surface area contributed by atoms with Gasteiger partial charge in [0, 0.05) is 30.1 Å². The number of pyridine rings is 1. The summed E-state index contributed by atoms with van der Waals surface area (Å²) in [6.07, 6.45) is 3.99. The number of hydrogen-bond acceptors (Lipinski definition) is 4. The molecule has 1 fully saturated rings. The van der Waals surface area contributed by atoms with Crippen LogP contribution in [0, 0.1) is 5.82 Å². The van der Waals surface area contributed by atoms with Crippen LogP contribution < -0.4 is 0 Å². The Morgan fingerprint density at radius 3 is 2.32 bits per heavy atom. The minimum Gasteiger partial charge on any atom is -0.507 e. The van der Waals surface area contributed by atoms with E-state index in [2.05, 4.69) is 4.98 Å². The number of aliphatic hydroxyl groups excluding tert-OH is 1. The molecule has 3 aromatic rings. The Labute approximate surface area is 179 Å². The summed E-state index contributed by atoms with van der Waals surface area (Å²) in [5, 5.41) is 11.0. The number of rotatable bonds is 5. The number of aryl methyl sites for hydroxylation is 1. The summed E-state index contributed by atoms with van der Waals surface area (Å²) < 4.78 is 14.8. The Morgan fingerprint density at radius 2 is 1.68 bits per heavy atom. The van der Waals surface area contributed by atoms with E-state index < -0.39 is 23.5 Å². The molecule has 2 heterocycles. The summed E-state index contributed by atoms with van der Waals surface area (Å²) in [5.74, 6) is -2.48. The third-order valence-corrected chi connectivity index (χ3v) is 5.48. The first-order valence-corrected chi connectivity index (χ1v) is 10.0. The van der Waals surface area contributed by atoms with Gasteiger partial charge in [-0.1, -0.05) is 49.4 Å². The molecule has 1 atom stereocenters. The number of carbonyl (C=O) groups excluding carboxylic acids is 2. The van der Waals surface area contributed by atoms with E-state index in [0.29, 0.717) is 5.56 Å². The summed E-state index contributed by atoms with van der Waals surface area (Å²) in [5.41, 5.74) is 2.25. The first-order chi connectivity index (χ1) is 15.0. The van der Waals surface area contributed by atoms with E-state index in [1.807, 2.05) is 19.1 Å². The van der Waals surface area contributed by atoms with Crippen LogP contribution in [0.3, 0.4) is 0 Å². The number of ketones is 1. The van der Waals surface area contributed by atoms with Crippen LogP contribution in [0.15, 0.2) is 78.6 Å². The Balaban J connectivity index is 1.86. The number of Topliss-reactive ketones (excluding diaryl/α,β-unsaturated/α-hetero) is 1. The molecule has 2 aromatic carbocycles. The second-order valence-electron chi connectivity index (χ2n) is 7.35. The van der Waals surface area contributed by atoms with Crippen LogP contribution >= 0.6 is 0 Å². The average Bonchev–Trinajstić information content (AvgIpc) is 3.04. The minimum atomic E-state index is -1.04. The van der Waals surface area contributed by atoms with Crippen molar-refractivity contribution in [1.82, 2.24) is 9.88 Å². The molecule has 1 unspecified atom stereocenters. The Hall–Kier alpha value is -3.80. The van der Waals surface area contributed by atoms with Crippen molar-refractivity contribution >= 4 is 17.4 Å². The Kier molecular flexibility index (Phi) is 5.62. The van der Waals surface area contributed by atoms with E-state index in [4.69, 9.17) is 0 Å².